The molecule has 28 heavy (non-hydrogen) atoms. The van der Waals surface area contributed by atoms with Crippen molar-refractivity contribution in [2.75, 3.05) is 45.9 Å². The third kappa shape index (κ3) is 5.48. The van der Waals surface area contributed by atoms with E-state index in [2.05, 4.69) is 52.8 Å². The lowest BCUT2D eigenvalue weighted by Crippen LogP contribution is -2.49. The second kappa shape index (κ2) is 9.75. The molecule has 0 radical (unpaired) electrons. The fraction of sp³-hybridized carbons (Fsp3) is 0.696. The van der Waals surface area contributed by atoms with Gasteiger partial charge in [-0.2, -0.15) is 0 Å². The van der Waals surface area contributed by atoms with Crippen molar-refractivity contribution in [3.8, 4) is 0 Å². The van der Waals surface area contributed by atoms with Crippen molar-refractivity contribution < 1.29 is 4.74 Å². The Morgan fingerprint density at radius 2 is 2.00 bits per heavy atom. The molecule has 0 aromatic heterocycles. The van der Waals surface area contributed by atoms with Crippen molar-refractivity contribution in [2.45, 2.75) is 44.6 Å². The Kier molecular flexibility index (Phi) is 6.86. The molecular formula is C23H36N4O. The second-order valence-corrected chi connectivity index (χ2v) is 8.68. The van der Waals surface area contributed by atoms with Crippen molar-refractivity contribution in [2.24, 2.45) is 16.8 Å². The first kappa shape index (κ1) is 19.7. The topological polar surface area (TPSA) is 48.9 Å². The molecule has 5 heteroatoms. The Hall–Kier alpha value is -1.59. The van der Waals surface area contributed by atoms with Gasteiger partial charge < -0.3 is 20.3 Å². The van der Waals surface area contributed by atoms with Gasteiger partial charge >= 0.3 is 0 Å². The minimum atomic E-state index is 0.540. The highest BCUT2D eigenvalue weighted by Crippen LogP contribution is 2.47. The number of benzene rings is 1. The van der Waals surface area contributed by atoms with Crippen LogP contribution in [0.4, 0.5) is 0 Å². The molecule has 2 N–H and O–H groups in total. The van der Waals surface area contributed by atoms with Crippen LogP contribution in [0, 0.1) is 11.8 Å². The number of piperidine rings is 1. The van der Waals surface area contributed by atoms with Gasteiger partial charge in [-0.3, -0.25) is 4.99 Å². The molecule has 154 valence electrons. The van der Waals surface area contributed by atoms with Gasteiger partial charge in [0.1, 0.15) is 0 Å². The maximum atomic E-state index is 5.52. The van der Waals surface area contributed by atoms with E-state index in [9.17, 15) is 0 Å². The fourth-order valence-corrected chi connectivity index (χ4v) is 4.63. The van der Waals surface area contributed by atoms with Crippen LogP contribution >= 0.6 is 0 Å². The van der Waals surface area contributed by atoms with E-state index in [0.717, 1.165) is 38.2 Å². The van der Waals surface area contributed by atoms with Crippen LogP contribution in [0.5, 0.6) is 0 Å². The van der Waals surface area contributed by atoms with Gasteiger partial charge in [0.25, 0.3) is 0 Å². The molecule has 2 aliphatic heterocycles. The molecule has 2 saturated heterocycles. The van der Waals surface area contributed by atoms with Crippen LogP contribution in [0.25, 0.3) is 0 Å². The van der Waals surface area contributed by atoms with Gasteiger partial charge in [-0.15, -0.1) is 0 Å². The summed E-state index contributed by atoms with van der Waals surface area (Å²) in [5, 5.41) is 7.14. The average Bonchev–Trinajstić information content (AvgIpc) is 3.33. The summed E-state index contributed by atoms with van der Waals surface area (Å²) in [6.45, 7) is 9.49. The van der Waals surface area contributed by atoms with Gasteiger partial charge in [-0.1, -0.05) is 30.3 Å². The summed E-state index contributed by atoms with van der Waals surface area (Å²) < 4.78 is 5.52. The minimum absolute atomic E-state index is 0.540. The normalized spacial score (nSPS) is 29.0. The molecule has 3 atom stereocenters. The van der Waals surface area contributed by atoms with Gasteiger partial charge in [0, 0.05) is 45.4 Å². The molecule has 3 fully saturated rings. The molecule has 1 aromatic rings. The van der Waals surface area contributed by atoms with Crippen LogP contribution < -0.4 is 10.6 Å². The summed E-state index contributed by atoms with van der Waals surface area (Å²) in [6.07, 6.45) is 4.92. The lowest BCUT2D eigenvalue weighted by Gasteiger charge is -2.34. The van der Waals surface area contributed by atoms with Crippen molar-refractivity contribution in [3.63, 3.8) is 0 Å². The Balaban J connectivity index is 1.21. The smallest absolute Gasteiger partial charge is 0.191 e. The monoisotopic (exact) mass is 384 g/mol. The maximum Gasteiger partial charge on any atom is 0.191 e. The molecule has 0 amide bonds. The highest BCUT2D eigenvalue weighted by molar-refractivity contribution is 5.80. The Morgan fingerprint density at radius 3 is 2.71 bits per heavy atom. The van der Waals surface area contributed by atoms with Crippen LogP contribution in [-0.2, 0) is 4.74 Å². The molecule has 0 spiro atoms. The van der Waals surface area contributed by atoms with Crippen molar-refractivity contribution >= 4 is 5.96 Å². The number of rotatable bonds is 7. The lowest BCUT2D eigenvalue weighted by molar-refractivity contribution is 0.150. The van der Waals surface area contributed by atoms with E-state index in [-0.39, 0.29) is 0 Å². The van der Waals surface area contributed by atoms with Crippen LogP contribution in [0.2, 0.25) is 0 Å². The van der Waals surface area contributed by atoms with Gasteiger partial charge in [0.2, 0.25) is 0 Å². The van der Waals surface area contributed by atoms with Crippen molar-refractivity contribution in [1.29, 1.82) is 0 Å². The first-order valence-corrected chi connectivity index (χ1v) is 11.2. The third-order valence-electron chi connectivity index (χ3n) is 6.45. The molecule has 3 aliphatic rings. The molecule has 0 bridgehead atoms. The highest BCUT2D eigenvalue weighted by Gasteiger charge is 2.37. The predicted molar refractivity (Wildman–Crippen MR) is 115 cm³/mol. The first-order chi connectivity index (χ1) is 13.8. The standard InChI is InChI=1S/C23H36N4O/c1-2-24-23(25-15-20-14-22(20)19-6-4-3-5-7-19)26-21-8-11-27(12-9-21)16-18-10-13-28-17-18/h3-7,18,20-22H,2,8-17H2,1H3,(H2,24,25,26). The number of hydrogen-bond donors (Lipinski definition) is 2. The fourth-order valence-electron chi connectivity index (χ4n) is 4.63. The van der Waals surface area contributed by atoms with Crippen molar-refractivity contribution in [1.82, 2.24) is 15.5 Å². The molecule has 3 unspecified atom stereocenters. The summed E-state index contributed by atoms with van der Waals surface area (Å²) in [5.74, 6) is 3.16. The van der Waals surface area contributed by atoms with E-state index in [1.54, 1.807) is 0 Å². The average molecular weight is 385 g/mol. The quantitative estimate of drug-likeness (QED) is 0.561. The summed E-state index contributed by atoms with van der Waals surface area (Å²) in [7, 11) is 0. The number of aliphatic imine (C=N–C) groups is 1. The Morgan fingerprint density at radius 1 is 1.18 bits per heavy atom. The van der Waals surface area contributed by atoms with Crippen LogP contribution in [0.1, 0.15) is 44.1 Å². The maximum absolute atomic E-state index is 5.52. The SMILES string of the molecule is CCNC(=NCC1CC1c1ccccc1)NC1CCN(CC2CCOC2)CC1. The number of hydrogen-bond acceptors (Lipinski definition) is 3. The molecular weight excluding hydrogens is 348 g/mol. The van der Waals surface area contributed by atoms with Gasteiger partial charge in [-0.25, -0.2) is 0 Å². The van der Waals surface area contributed by atoms with Gasteiger partial charge in [-0.05, 0) is 55.9 Å². The van der Waals surface area contributed by atoms with Gasteiger partial charge in [0.05, 0.1) is 6.61 Å². The van der Waals surface area contributed by atoms with E-state index in [1.165, 1.54) is 50.9 Å². The summed E-state index contributed by atoms with van der Waals surface area (Å²) in [5.41, 5.74) is 1.47. The van der Waals surface area contributed by atoms with Crippen LogP contribution in [0.15, 0.2) is 35.3 Å². The zero-order valence-corrected chi connectivity index (χ0v) is 17.3. The highest BCUT2D eigenvalue weighted by atomic mass is 16.5. The second-order valence-electron chi connectivity index (χ2n) is 8.68. The summed E-state index contributed by atoms with van der Waals surface area (Å²) in [4.78, 5) is 7.53. The zero-order chi connectivity index (χ0) is 19.2. The molecule has 2 heterocycles. The molecule has 4 rings (SSSR count). The van der Waals surface area contributed by atoms with E-state index in [4.69, 9.17) is 9.73 Å². The molecule has 5 nitrogen and oxygen atoms in total. The van der Waals surface area contributed by atoms with E-state index >= 15 is 0 Å². The first-order valence-electron chi connectivity index (χ1n) is 11.2. The third-order valence-corrected chi connectivity index (χ3v) is 6.45. The number of ether oxygens (including phenoxy) is 1. The predicted octanol–water partition coefficient (Wildman–Crippen LogP) is 2.85. The minimum Gasteiger partial charge on any atom is -0.381 e. The largest absolute Gasteiger partial charge is 0.381 e. The van der Waals surface area contributed by atoms with Crippen molar-refractivity contribution in [3.05, 3.63) is 35.9 Å². The Labute approximate surface area is 169 Å². The number of nitrogens with one attached hydrogen (secondary N) is 2. The van der Waals surface area contributed by atoms with Gasteiger partial charge in [0.15, 0.2) is 5.96 Å². The zero-order valence-electron chi connectivity index (χ0n) is 17.3. The molecule has 1 aromatic carbocycles. The van der Waals surface area contributed by atoms with Crippen LogP contribution in [-0.4, -0.2) is 62.8 Å². The van der Waals surface area contributed by atoms with Crippen LogP contribution in [0.3, 0.4) is 0 Å². The Bertz CT molecular complexity index is 621. The summed E-state index contributed by atoms with van der Waals surface area (Å²) in [6, 6.07) is 11.4. The molecule has 1 saturated carbocycles. The number of nitrogens with zero attached hydrogens (tertiary/aromatic N) is 2. The van der Waals surface area contributed by atoms with E-state index in [1.807, 2.05) is 0 Å². The van der Waals surface area contributed by atoms with E-state index < -0.39 is 0 Å². The lowest BCUT2D eigenvalue weighted by atomic mass is 10.0. The summed E-state index contributed by atoms with van der Waals surface area (Å²) >= 11 is 0. The number of guanidine groups is 1. The molecule has 1 aliphatic carbocycles. The number of likely N-dealkylation sites (tertiary alicyclic amines) is 1. The van der Waals surface area contributed by atoms with E-state index in [0.29, 0.717) is 17.9 Å².